The van der Waals surface area contributed by atoms with Gasteiger partial charge in [-0.15, -0.1) is 0 Å². The average molecular weight is 742 g/mol. The van der Waals surface area contributed by atoms with E-state index in [0.717, 1.165) is 50.1 Å². The molecule has 0 saturated carbocycles. The lowest BCUT2D eigenvalue weighted by molar-refractivity contribution is 0.670. The molecule has 2 nitrogen and oxygen atoms in total. The highest BCUT2D eigenvalue weighted by Crippen LogP contribution is 2.57. The summed E-state index contributed by atoms with van der Waals surface area (Å²) < 4.78 is 6.46. The number of hydrogen-bond acceptors (Lipinski definition) is 2. The molecule has 9 aromatic carbocycles. The Kier molecular flexibility index (Phi) is 7.97. The summed E-state index contributed by atoms with van der Waals surface area (Å²) in [6, 6.07) is 79.3. The summed E-state index contributed by atoms with van der Waals surface area (Å²) in [5.74, 6) is 0. The predicted octanol–water partition coefficient (Wildman–Crippen LogP) is 15.1. The van der Waals surface area contributed by atoms with Gasteiger partial charge in [0, 0.05) is 33.4 Å². The molecular weight excluding hydrogens is 703 g/mol. The Morgan fingerprint density at radius 3 is 1.60 bits per heavy atom. The molecule has 10 aromatic rings. The lowest BCUT2D eigenvalue weighted by Crippen LogP contribution is -2.29. The molecule has 0 N–H and O–H groups in total. The van der Waals surface area contributed by atoms with Crippen molar-refractivity contribution in [2.75, 3.05) is 4.90 Å². The quantitative estimate of drug-likeness (QED) is 0.162. The molecule has 0 atom stereocenters. The molecule has 1 aliphatic carbocycles. The fourth-order valence-electron chi connectivity index (χ4n) is 9.47. The maximum Gasteiger partial charge on any atom is 0.143 e. The molecule has 0 bridgehead atoms. The zero-order chi connectivity index (χ0) is 38.6. The molecule has 274 valence electrons. The molecule has 11 rings (SSSR count). The molecule has 2 heteroatoms. The smallest absolute Gasteiger partial charge is 0.143 e. The standard InChI is InChI=1S/C56H39NO/c1-38-35-43(56(42-17-6-3-7-18-42)52-24-11-8-19-48(52)49-20-9-12-25-53(49)56)37-46(36-38)57(44-31-27-40(28-32-44)39-15-4-2-5-16-39)45-33-29-41(30-34-45)47-22-14-23-51-50-21-10-13-26-54(50)58-55(47)51/h2-37H,1H3. The molecule has 0 fully saturated rings. The lowest BCUT2D eigenvalue weighted by Gasteiger charge is -2.35. The monoisotopic (exact) mass is 741 g/mol. The van der Waals surface area contributed by atoms with E-state index >= 15 is 0 Å². The number of furan rings is 1. The van der Waals surface area contributed by atoms with Gasteiger partial charge in [0.05, 0.1) is 5.41 Å². The van der Waals surface area contributed by atoms with Gasteiger partial charge in [-0.1, -0.05) is 176 Å². The average Bonchev–Trinajstić information content (AvgIpc) is 3.82. The molecule has 0 aliphatic heterocycles. The number of nitrogens with zero attached hydrogens (tertiary/aromatic N) is 1. The van der Waals surface area contributed by atoms with Crippen molar-refractivity contribution in [3.8, 4) is 33.4 Å². The van der Waals surface area contributed by atoms with Crippen LogP contribution in [0.2, 0.25) is 0 Å². The van der Waals surface area contributed by atoms with Gasteiger partial charge in [0.25, 0.3) is 0 Å². The highest BCUT2D eigenvalue weighted by atomic mass is 16.3. The van der Waals surface area contributed by atoms with Crippen LogP contribution in [0, 0.1) is 6.92 Å². The first kappa shape index (κ1) is 33.9. The maximum atomic E-state index is 6.46. The van der Waals surface area contributed by atoms with Gasteiger partial charge in [0.1, 0.15) is 11.2 Å². The van der Waals surface area contributed by atoms with Gasteiger partial charge in [0.15, 0.2) is 0 Å². The molecule has 58 heavy (non-hydrogen) atoms. The van der Waals surface area contributed by atoms with Crippen LogP contribution in [0.1, 0.15) is 27.8 Å². The summed E-state index contributed by atoms with van der Waals surface area (Å²) in [4.78, 5) is 2.41. The third-order valence-corrected chi connectivity index (χ3v) is 12.0. The van der Waals surface area contributed by atoms with Crippen molar-refractivity contribution < 1.29 is 4.42 Å². The van der Waals surface area contributed by atoms with Crippen molar-refractivity contribution in [3.63, 3.8) is 0 Å². The zero-order valence-corrected chi connectivity index (χ0v) is 32.1. The number of aryl methyl sites for hydroxylation is 1. The number of rotatable bonds is 7. The van der Waals surface area contributed by atoms with Crippen LogP contribution in [0.4, 0.5) is 17.1 Å². The summed E-state index contributed by atoms with van der Waals surface area (Å²) in [6.45, 7) is 2.23. The minimum Gasteiger partial charge on any atom is -0.455 e. The maximum absolute atomic E-state index is 6.46. The summed E-state index contributed by atoms with van der Waals surface area (Å²) >= 11 is 0. The van der Waals surface area contributed by atoms with Crippen LogP contribution in [0.5, 0.6) is 0 Å². The Hall–Kier alpha value is -7.42. The van der Waals surface area contributed by atoms with E-state index < -0.39 is 5.41 Å². The van der Waals surface area contributed by atoms with Crippen LogP contribution in [-0.4, -0.2) is 0 Å². The van der Waals surface area contributed by atoms with E-state index in [2.05, 4.69) is 218 Å². The molecule has 1 aliphatic rings. The van der Waals surface area contributed by atoms with Gasteiger partial charge >= 0.3 is 0 Å². The van der Waals surface area contributed by atoms with Gasteiger partial charge in [-0.05, 0) is 105 Å². The predicted molar refractivity (Wildman–Crippen MR) is 241 cm³/mol. The molecule has 0 radical (unpaired) electrons. The largest absolute Gasteiger partial charge is 0.455 e. The molecular formula is C56H39NO. The van der Waals surface area contributed by atoms with E-state index in [1.807, 2.05) is 12.1 Å². The fourth-order valence-corrected chi connectivity index (χ4v) is 9.47. The normalized spacial score (nSPS) is 12.7. The molecule has 0 spiro atoms. The minimum atomic E-state index is -0.507. The van der Waals surface area contributed by atoms with Crippen molar-refractivity contribution in [1.82, 2.24) is 0 Å². The van der Waals surface area contributed by atoms with Crippen LogP contribution in [0.25, 0.3) is 55.3 Å². The van der Waals surface area contributed by atoms with Crippen LogP contribution < -0.4 is 4.90 Å². The van der Waals surface area contributed by atoms with Gasteiger partial charge < -0.3 is 9.32 Å². The Labute approximate surface area is 338 Å². The third kappa shape index (κ3) is 5.33. The zero-order valence-electron chi connectivity index (χ0n) is 32.1. The Bertz CT molecular complexity index is 3060. The van der Waals surface area contributed by atoms with Crippen molar-refractivity contribution in [2.45, 2.75) is 12.3 Å². The minimum absolute atomic E-state index is 0.507. The fraction of sp³-hybridized carbons (Fsp3) is 0.0357. The van der Waals surface area contributed by atoms with E-state index in [9.17, 15) is 0 Å². The van der Waals surface area contributed by atoms with Gasteiger partial charge in [-0.2, -0.15) is 0 Å². The van der Waals surface area contributed by atoms with Crippen LogP contribution in [0.3, 0.4) is 0 Å². The summed E-state index contributed by atoms with van der Waals surface area (Å²) in [6.07, 6.45) is 0. The van der Waals surface area contributed by atoms with Gasteiger partial charge in [-0.3, -0.25) is 0 Å². The molecule has 0 amide bonds. The number of fused-ring (bicyclic) bond motifs is 6. The van der Waals surface area contributed by atoms with E-state index in [0.29, 0.717) is 0 Å². The van der Waals surface area contributed by atoms with Crippen molar-refractivity contribution >= 4 is 39.0 Å². The molecule has 1 aromatic heterocycles. The lowest BCUT2D eigenvalue weighted by atomic mass is 9.67. The highest BCUT2D eigenvalue weighted by molar-refractivity contribution is 6.09. The topological polar surface area (TPSA) is 16.4 Å². The molecule has 1 heterocycles. The highest BCUT2D eigenvalue weighted by Gasteiger charge is 2.46. The van der Waals surface area contributed by atoms with Crippen molar-refractivity contribution in [1.29, 1.82) is 0 Å². The number of anilines is 3. The Morgan fingerprint density at radius 2 is 0.914 bits per heavy atom. The summed E-state index contributed by atoms with van der Waals surface area (Å²) in [5, 5.41) is 2.27. The van der Waals surface area contributed by atoms with E-state index in [-0.39, 0.29) is 0 Å². The first-order valence-electron chi connectivity index (χ1n) is 20.0. The second-order valence-corrected chi connectivity index (χ2v) is 15.3. The number of para-hydroxylation sites is 2. The van der Waals surface area contributed by atoms with Gasteiger partial charge in [-0.25, -0.2) is 0 Å². The van der Waals surface area contributed by atoms with E-state index in [1.54, 1.807) is 0 Å². The molecule has 0 unspecified atom stereocenters. The number of benzene rings is 9. The van der Waals surface area contributed by atoms with Crippen LogP contribution in [0.15, 0.2) is 223 Å². The SMILES string of the molecule is Cc1cc(N(c2ccc(-c3ccccc3)cc2)c2ccc(-c3cccc4c3oc3ccccc34)cc2)cc(C2(c3ccccc3)c3ccccc3-c3ccccc32)c1. The second-order valence-electron chi connectivity index (χ2n) is 15.3. The van der Waals surface area contributed by atoms with Crippen molar-refractivity contribution in [3.05, 3.63) is 246 Å². The number of hydrogen-bond donors (Lipinski definition) is 0. The summed E-state index contributed by atoms with van der Waals surface area (Å²) in [7, 11) is 0. The first-order valence-corrected chi connectivity index (χ1v) is 20.0. The summed E-state index contributed by atoms with van der Waals surface area (Å²) in [5.41, 5.74) is 18.0. The Morgan fingerprint density at radius 1 is 0.379 bits per heavy atom. The van der Waals surface area contributed by atoms with Crippen molar-refractivity contribution in [2.24, 2.45) is 0 Å². The van der Waals surface area contributed by atoms with Crippen LogP contribution >= 0.6 is 0 Å². The first-order chi connectivity index (χ1) is 28.7. The molecule has 0 saturated heterocycles. The second kappa shape index (κ2) is 13.7. The van der Waals surface area contributed by atoms with E-state index in [1.165, 1.54) is 50.1 Å². The third-order valence-electron chi connectivity index (χ3n) is 12.0. The van der Waals surface area contributed by atoms with E-state index in [4.69, 9.17) is 4.42 Å². The Balaban J connectivity index is 1.10. The van der Waals surface area contributed by atoms with Gasteiger partial charge in [0.2, 0.25) is 0 Å². The van der Waals surface area contributed by atoms with Crippen LogP contribution in [-0.2, 0) is 5.41 Å².